The van der Waals surface area contributed by atoms with Crippen LogP contribution in [0.5, 0.6) is 5.75 Å². The van der Waals surface area contributed by atoms with Gasteiger partial charge in [0.25, 0.3) is 5.91 Å². The molecule has 0 heterocycles. The summed E-state index contributed by atoms with van der Waals surface area (Å²) in [6.45, 7) is 6.02. The average molecular weight is 237 g/mol. The first-order valence-electron chi connectivity index (χ1n) is 5.49. The van der Waals surface area contributed by atoms with Gasteiger partial charge in [0.1, 0.15) is 5.75 Å². The van der Waals surface area contributed by atoms with Crippen molar-refractivity contribution in [3.63, 3.8) is 0 Å². The second kappa shape index (κ2) is 5.19. The zero-order chi connectivity index (χ0) is 13.1. The molecule has 0 unspecified atom stereocenters. The third kappa shape index (κ3) is 3.75. The number of phenolic OH excluding ortho intramolecular Hbond substituents is 1. The van der Waals surface area contributed by atoms with E-state index in [-0.39, 0.29) is 17.3 Å². The summed E-state index contributed by atoms with van der Waals surface area (Å²) >= 11 is 0. The Morgan fingerprint density at radius 2 is 2.12 bits per heavy atom. The summed E-state index contributed by atoms with van der Waals surface area (Å²) in [6, 6.07) is 4.68. The smallest absolute Gasteiger partial charge is 0.251 e. The number of carbonyl (C=O) groups is 1. The maximum Gasteiger partial charge on any atom is 0.251 e. The van der Waals surface area contributed by atoms with Crippen LogP contribution in [0.2, 0.25) is 0 Å². The van der Waals surface area contributed by atoms with Gasteiger partial charge in [0, 0.05) is 19.2 Å². The minimum absolute atomic E-state index is 0.160. The monoisotopic (exact) mass is 237 g/mol. The summed E-state index contributed by atoms with van der Waals surface area (Å²) in [5.74, 6) is 0.00361. The number of phenols is 1. The largest absolute Gasteiger partial charge is 0.508 e. The maximum absolute atomic E-state index is 11.9. The number of carbonyl (C=O) groups excluding carboxylic acids is 1. The number of nitrogens with one attached hydrogen (secondary N) is 1. The fourth-order valence-corrected chi connectivity index (χ4v) is 1.36. The molecule has 0 aliphatic rings. The van der Waals surface area contributed by atoms with Gasteiger partial charge in [-0.25, -0.2) is 0 Å². The van der Waals surface area contributed by atoms with E-state index in [1.54, 1.807) is 26.2 Å². The zero-order valence-corrected chi connectivity index (χ0v) is 10.7. The Balaban J connectivity index is 2.71. The standard InChI is InChI=1S/C13H19NO3/c1-9-7-10(15)5-6-11(9)12(16)14-8-13(2,3)17-4/h5-7,15H,8H2,1-4H3,(H,14,16). The molecular formula is C13H19NO3. The molecule has 0 saturated carbocycles. The van der Waals surface area contributed by atoms with E-state index in [1.165, 1.54) is 6.07 Å². The maximum atomic E-state index is 11.9. The molecule has 0 spiro atoms. The fraction of sp³-hybridized carbons (Fsp3) is 0.462. The highest BCUT2D eigenvalue weighted by molar-refractivity contribution is 5.95. The summed E-state index contributed by atoms with van der Waals surface area (Å²) in [7, 11) is 1.61. The molecule has 0 bridgehead atoms. The highest BCUT2D eigenvalue weighted by Gasteiger charge is 2.18. The van der Waals surface area contributed by atoms with Crippen molar-refractivity contribution in [3.05, 3.63) is 29.3 Å². The predicted octanol–water partition coefficient (Wildman–Crippen LogP) is 1.86. The number of aryl methyl sites for hydroxylation is 1. The molecule has 1 rings (SSSR count). The van der Waals surface area contributed by atoms with Gasteiger partial charge >= 0.3 is 0 Å². The van der Waals surface area contributed by atoms with E-state index in [1.807, 2.05) is 13.8 Å². The molecule has 0 aliphatic carbocycles. The number of benzene rings is 1. The van der Waals surface area contributed by atoms with Crippen molar-refractivity contribution < 1.29 is 14.6 Å². The molecule has 0 atom stereocenters. The molecule has 4 heteroatoms. The first kappa shape index (κ1) is 13.5. The van der Waals surface area contributed by atoms with E-state index in [0.29, 0.717) is 12.1 Å². The van der Waals surface area contributed by atoms with Crippen LogP contribution in [0.1, 0.15) is 29.8 Å². The van der Waals surface area contributed by atoms with E-state index in [9.17, 15) is 9.90 Å². The van der Waals surface area contributed by atoms with Crippen molar-refractivity contribution in [3.8, 4) is 5.75 Å². The first-order chi connectivity index (χ1) is 7.85. The average Bonchev–Trinajstić information content (AvgIpc) is 2.26. The lowest BCUT2D eigenvalue weighted by Gasteiger charge is -2.23. The summed E-state index contributed by atoms with van der Waals surface area (Å²) in [5.41, 5.74) is 0.924. The number of rotatable bonds is 4. The number of aromatic hydroxyl groups is 1. The number of amides is 1. The Morgan fingerprint density at radius 1 is 1.47 bits per heavy atom. The van der Waals surface area contributed by atoms with Crippen LogP contribution in [0.15, 0.2) is 18.2 Å². The Labute approximate surface area is 102 Å². The molecule has 94 valence electrons. The van der Waals surface area contributed by atoms with Gasteiger partial charge in [0.05, 0.1) is 5.60 Å². The normalized spacial score (nSPS) is 11.3. The molecule has 0 fully saturated rings. The van der Waals surface area contributed by atoms with Crippen molar-refractivity contribution in [2.24, 2.45) is 0 Å². The topological polar surface area (TPSA) is 58.6 Å². The van der Waals surface area contributed by atoms with Crippen molar-refractivity contribution in [2.45, 2.75) is 26.4 Å². The molecule has 1 amide bonds. The summed E-state index contributed by atoms with van der Waals surface area (Å²) in [5, 5.41) is 12.1. The van der Waals surface area contributed by atoms with Gasteiger partial charge < -0.3 is 15.2 Å². The lowest BCUT2D eigenvalue weighted by Crippen LogP contribution is -2.39. The third-order valence-corrected chi connectivity index (χ3v) is 2.68. The van der Waals surface area contributed by atoms with Crippen LogP contribution in [-0.2, 0) is 4.74 Å². The molecule has 17 heavy (non-hydrogen) atoms. The summed E-state index contributed by atoms with van der Waals surface area (Å²) in [4.78, 5) is 11.9. The van der Waals surface area contributed by atoms with E-state index in [4.69, 9.17) is 4.74 Å². The van der Waals surface area contributed by atoms with Gasteiger partial charge in [-0.15, -0.1) is 0 Å². The number of hydrogen-bond acceptors (Lipinski definition) is 3. The first-order valence-corrected chi connectivity index (χ1v) is 5.49. The minimum Gasteiger partial charge on any atom is -0.508 e. The predicted molar refractivity (Wildman–Crippen MR) is 66.3 cm³/mol. The van der Waals surface area contributed by atoms with Gasteiger partial charge in [0.2, 0.25) is 0 Å². The van der Waals surface area contributed by atoms with Gasteiger partial charge in [-0.05, 0) is 44.5 Å². The van der Waals surface area contributed by atoms with Crippen LogP contribution in [0.25, 0.3) is 0 Å². The van der Waals surface area contributed by atoms with Crippen molar-refractivity contribution >= 4 is 5.91 Å². The molecule has 1 aromatic carbocycles. The Morgan fingerprint density at radius 3 is 2.65 bits per heavy atom. The Kier molecular flexibility index (Phi) is 4.12. The molecule has 2 N–H and O–H groups in total. The number of hydrogen-bond donors (Lipinski definition) is 2. The Hall–Kier alpha value is -1.55. The van der Waals surface area contributed by atoms with Gasteiger partial charge in [-0.3, -0.25) is 4.79 Å². The van der Waals surface area contributed by atoms with Crippen LogP contribution < -0.4 is 5.32 Å². The summed E-state index contributed by atoms with van der Waals surface area (Å²) < 4.78 is 5.22. The van der Waals surface area contributed by atoms with Crippen molar-refractivity contribution in [1.29, 1.82) is 0 Å². The molecule has 0 aliphatic heterocycles. The van der Waals surface area contributed by atoms with Gasteiger partial charge in [-0.2, -0.15) is 0 Å². The van der Waals surface area contributed by atoms with Crippen LogP contribution in [-0.4, -0.2) is 30.3 Å². The summed E-state index contributed by atoms with van der Waals surface area (Å²) in [6.07, 6.45) is 0. The van der Waals surface area contributed by atoms with Crippen LogP contribution >= 0.6 is 0 Å². The fourth-order valence-electron chi connectivity index (χ4n) is 1.36. The van der Waals surface area contributed by atoms with Crippen LogP contribution in [0.4, 0.5) is 0 Å². The Bertz CT molecular complexity index is 413. The SMILES string of the molecule is COC(C)(C)CNC(=O)c1ccc(O)cc1C. The van der Waals surface area contributed by atoms with E-state index >= 15 is 0 Å². The second-order valence-corrected chi connectivity index (χ2v) is 4.65. The number of ether oxygens (including phenoxy) is 1. The van der Waals surface area contributed by atoms with Crippen LogP contribution in [0, 0.1) is 6.92 Å². The second-order valence-electron chi connectivity index (χ2n) is 4.65. The van der Waals surface area contributed by atoms with Crippen molar-refractivity contribution in [2.75, 3.05) is 13.7 Å². The lowest BCUT2D eigenvalue weighted by atomic mass is 10.1. The van der Waals surface area contributed by atoms with Crippen LogP contribution in [0.3, 0.4) is 0 Å². The lowest BCUT2D eigenvalue weighted by molar-refractivity contribution is 0.0228. The highest BCUT2D eigenvalue weighted by Crippen LogP contribution is 2.15. The molecular weight excluding hydrogens is 218 g/mol. The van der Waals surface area contributed by atoms with Gasteiger partial charge in [-0.1, -0.05) is 0 Å². The minimum atomic E-state index is -0.388. The quantitative estimate of drug-likeness (QED) is 0.840. The van der Waals surface area contributed by atoms with Gasteiger partial charge in [0.15, 0.2) is 0 Å². The molecule has 1 aromatic rings. The zero-order valence-electron chi connectivity index (χ0n) is 10.7. The highest BCUT2D eigenvalue weighted by atomic mass is 16.5. The van der Waals surface area contributed by atoms with Crippen molar-refractivity contribution in [1.82, 2.24) is 5.32 Å². The van der Waals surface area contributed by atoms with E-state index in [0.717, 1.165) is 5.56 Å². The number of methoxy groups -OCH3 is 1. The van der Waals surface area contributed by atoms with E-state index in [2.05, 4.69) is 5.32 Å². The van der Waals surface area contributed by atoms with E-state index < -0.39 is 0 Å². The third-order valence-electron chi connectivity index (χ3n) is 2.68. The molecule has 0 aromatic heterocycles. The molecule has 4 nitrogen and oxygen atoms in total. The molecule has 0 saturated heterocycles. The molecule has 0 radical (unpaired) electrons.